The van der Waals surface area contributed by atoms with Crippen LogP contribution in [0.3, 0.4) is 0 Å². The molecule has 1 rings (SSSR count). The van der Waals surface area contributed by atoms with Gasteiger partial charge in [-0.1, -0.05) is 56.7 Å². The first-order valence-electron chi connectivity index (χ1n) is 6.75. The highest BCUT2D eigenvalue weighted by Crippen LogP contribution is 2.19. The summed E-state index contributed by atoms with van der Waals surface area (Å²) in [7, 11) is 0. The van der Waals surface area contributed by atoms with Crippen LogP contribution in [0, 0.1) is 0 Å². The lowest BCUT2D eigenvalue weighted by Crippen LogP contribution is -2.30. The molecule has 1 heterocycles. The number of unbranched alkanes of at least 4 members (excludes halogenated alkanes) is 3. The Balaban J connectivity index is 0.000000873. The Morgan fingerprint density at radius 1 is 1.44 bits per heavy atom. The zero-order chi connectivity index (χ0) is 13.8. The summed E-state index contributed by atoms with van der Waals surface area (Å²) in [6.07, 6.45) is 8.07. The van der Waals surface area contributed by atoms with Crippen molar-refractivity contribution in [2.75, 3.05) is 12.3 Å². The van der Waals surface area contributed by atoms with E-state index in [4.69, 9.17) is 12.2 Å². The molecule has 1 aliphatic rings. The molecule has 1 amide bonds. The number of hydrogen-bond donors (Lipinski definition) is 0. The van der Waals surface area contributed by atoms with E-state index in [9.17, 15) is 4.79 Å². The van der Waals surface area contributed by atoms with Gasteiger partial charge in [-0.05, 0) is 19.3 Å². The molecule has 1 saturated heterocycles. The molecule has 0 N–H and O–H groups in total. The number of rotatable bonds is 6. The zero-order valence-corrected chi connectivity index (χ0v) is 13.2. The molecule has 0 atom stereocenters. The second kappa shape index (κ2) is 11.7. The minimum atomic E-state index is 0.198. The average Bonchev–Trinajstić information content (AvgIpc) is 2.76. The molecular weight excluding hydrogens is 262 g/mol. The van der Waals surface area contributed by atoms with Crippen molar-refractivity contribution in [2.24, 2.45) is 0 Å². The van der Waals surface area contributed by atoms with Crippen molar-refractivity contribution in [3.05, 3.63) is 12.7 Å². The summed E-state index contributed by atoms with van der Waals surface area (Å²) < 4.78 is 0.756. The molecule has 0 aliphatic carbocycles. The van der Waals surface area contributed by atoms with Gasteiger partial charge in [-0.25, -0.2) is 0 Å². The lowest BCUT2D eigenvalue weighted by molar-refractivity contribution is -0.126. The van der Waals surface area contributed by atoms with Crippen LogP contribution in [0.4, 0.5) is 0 Å². The van der Waals surface area contributed by atoms with Crippen molar-refractivity contribution in [3.63, 3.8) is 0 Å². The fraction of sp³-hybridized carbons (Fsp3) is 0.714. The minimum absolute atomic E-state index is 0.198. The summed E-state index contributed by atoms with van der Waals surface area (Å²) in [5.41, 5.74) is 0. The highest BCUT2D eigenvalue weighted by atomic mass is 32.2. The van der Waals surface area contributed by atoms with E-state index in [1.54, 1.807) is 16.7 Å². The molecule has 1 aliphatic heterocycles. The first-order chi connectivity index (χ1) is 8.67. The lowest BCUT2D eigenvalue weighted by Gasteiger charge is -2.14. The number of amides is 1. The van der Waals surface area contributed by atoms with E-state index in [1.165, 1.54) is 6.42 Å². The van der Waals surface area contributed by atoms with Gasteiger partial charge in [-0.3, -0.25) is 9.69 Å². The molecule has 0 aromatic carbocycles. The Labute approximate surface area is 121 Å². The van der Waals surface area contributed by atoms with Crippen molar-refractivity contribution in [2.45, 2.75) is 52.4 Å². The largest absolute Gasteiger partial charge is 0.297 e. The van der Waals surface area contributed by atoms with Gasteiger partial charge in [0.05, 0.1) is 0 Å². The van der Waals surface area contributed by atoms with Gasteiger partial charge >= 0.3 is 0 Å². The van der Waals surface area contributed by atoms with Crippen molar-refractivity contribution in [3.8, 4) is 0 Å². The van der Waals surface area contributed by atoms with Crippen LogP contribution in [-0.2, 0) is 4.79 Å². The Hall–Kier alpha value is -0.350. The van der Waals surface area contributed by atoms with Gasteiger partial charge in [0, 0.05) is 18.7 Å². The van der Waals surface area contributed by atoms with Crippen LogP contribution < -0.4 is 0 Å². The summed E-state index contributed by atoms with van der Waals surface area (Å²) in [6, 6.07) is 0. The van der Waals surface area contributed by atoms with Crippen LogP contribution in [0.15, 0.2) is 12.7 Å². The number of thiocarbonyl (C=S) groups is 1. The molecular formula is C14H25NOS2. The van der Waals surface area contributed by atoms with Gasteiger partial charge in [-0.2, -0.15) is 0 Å². The van der Waals surface area contributed by atoms with E-state index in [0.717, 1.165) is 42.3 Å². The third kappa shape index (κ3) is 7.88. The summed E-state index contributed by atoms with van der Waals surface area (Å²) in [6.45, 7) is 8.72. The Bertz CT molecular complexity index is 267. The molecule has 0 radical (unpaired) electrons. The van der Waals surface area contributed by atoms with Crippen molar-refractivity contribution in [1.29, 1.82) is 0 Å². The molecule has 2 nitrogen and oxygen atoms in total. The van der Waals surface area contributed by atoms with E-state index < -0.39 is 0 Å². The molecule has 18 heavy (non-hydrogen) atoms. The predicted molar refractivity (Wildman–Crippen MR) is 86.0 cm³/mol. The maximum absolute atomic E-state index is 11.7. The van der Waals surface area contributed by atoms with Gasteiger partial charge in [0.1, 0.15) is 4.32 Å². The maximum atomic E-state index is 11.7. The van der Waals surface area contributed by atoms with Crippen LogP contribution in [0.1, 0.15) is 52.4 Å². The Morgan fingerprint density at radius 2 is 2.11 bits per heavy atom. The molecule has 0 unspecified atom stereocenters. The Morgan fingerprint density at radius 3 is 2.61 bits per heavy atom. The highest BCUT2D eigenvalue weighted by Gasteiger charge is 2.22. The third-order valence-electron chi connectivity index (χ3n) is 2.36. The number of allylic oxidation sites excluding steroid dienone is 1. The van der Waals surface area contributed by atoms with Gasteiger partial charge in [0.25, 0.3) is 0 Å². The van der Waals surface area contributed by atoms with Crippen LogP contribution in [0.2, 0.25) is 0 Å². The molecule has 0 aromatic rings. The fourth-order valence-electron chi connectivity index (χ4n) is 1.50. The number of carbonyl (C=O) groups excluding carboxylic acids is 1. The quantitative estimate of drug-likeness (QED) is 0.410. The monoisotopic (exact) mass is 287 g/mol. The third-order valence-corrected chi connectivity index (χ3v) is 3.79. The van der Waals surface area contributed by atoms with Gasteiger partial charge in [0.15, 0.2) is 0 Å². The molecule has 0 aromatic heterocycles. The Kier molecular flexibility index (Phi) is 11.5. The van der Waals surface area contributed by atoms with Crippen molar-refractivity contribution < 1.29 is 4.79 Å². The number of hydrogen-bond acceptors (Lipinski definition) is 3. The molecule has 0 spiro atoms. The topological polar surface area (TPSA) is 20.3 Å². The van der Waals surface area contributed by atoms with Crippen LogP contribution in [0.5, 0.6) is 0 Å². The summed E-state index contributed by atoms with van der Waals surface area (Å²) in [5.74, 6) is 1.16. The van der Waals surface area contributed by atoms with E-state index in [0.29, 0.717) is 6.42 Å². The van der Waals surface area contributed by atoms with E-state index in [1.807, 2.05) is 6.08 Å². The number of nitrogens with zero attached hydrogens (tertiary/aromatic N) is 1. The van der Waals surface area contributed by atoms with Gasteiger partial charge in [-0.15, -0.1) is 6.58 Å². The van der Waals surface area contributed by atoms with Crippen LogP contribution in [0.25, 0.3) is 0 Å². The maximum Gasteiger partial charge on any atom is 0.228 e. The molecule has 1 fully saturated rings. The predicted octanol–water partition coefficient (Wildman–Crippen LogP) is 4.40. The standard InChI is InChI=1S/C11H17NOS2.C3H8/c1-2-3-4-5-6-7-10(13)12-8-9-15-11(12)14;1-3-2/h2H,1,3-9H2;3H2,1-2H3. The molecule has 0 bridgehead atoms. The second-order valence-corrected chi connectivity index (χ2v) is 5.98. The molecule has 0 saturated carbocycles. The van der Waals surface area contributed by atoms with Crippen molar-refractivity contribution in [1.82, 2.24) is 4.90 Å². The summed E-state index contributed by atoms with van der Waals surface area (Å²) >= 11 is 6.70. The van der Waals surface area contributed by atoms with E-state index >= 15 is 0 Å². The summed E-state index contributed by atoms with van der Waals surface area (Å²) in [5, 5.41) is 0. The second-order valence-electron chi connectivity index (χ2n) is 4.25. The SMILES string of the molecule is C=CCCCCCC(=O)N1CCSC1=S.CCC. The summed E-state index contributed by atoms with van der Waals surface area (Å²) in [4.78, 5) is 13.4. The lowest BCUT2D eigenvalue weighted by atomic mass is 10.1. The fourth-order valence-corrected chi connectivity index (χ4v) is 2.74. The number of thioether (sulfide) groups is 1. The average molecular weight is 287 g/mol. The van der Waals surface area contributed by atoms with E-state index in [2.05, 4.69) is 20.4 Å². The van der Waals surface area contributed by atoms with Crippen molar-refractivity contribution >= 4 is 34.2 Å². The zero-order valence-electron chi connectivity index (χ0n) is 11.6. The minimum Gasteiger partial charge on any atom is -0.297 e. The highest BCUT2D eigenvalue weighted by molar-refractivity contribution is 8.23. The smallest absolute Gasteiger partial charge is 0.228 e. The first-order valence-corrected chi connectivity index (χ1v) is 8.14. The van der Waals surface area contributed by atoms with Crippen LogP contribution >= 0.6 is 24.0 Å². The van der Waals surface area contributed by atoms with Crippen LogP contribution in [-0.4, -0.2) is 27.4 Å². The van der Waals surface area contributed by atoms with Gasteiger partial charge in [0.2, 0.25) is 5.91 Å². The normalized spacial score (nSPS) is 14.1. The number of carbonyl (C=O) groups is 1. The molecule has 4 heteroatoms. The van der Waals surface area contributed by atoms with Gasteiger partial charge < -0.3 is 0 Å². The van der Waals surface area contributed by atoms with E-state index in [-0.39, 0.29) is 5.91 Å². The first kappa shape index (κ1) is 17.6. The molecule has 104 valence electrons.